The van der Waals surface area contributed by atoms with Gasteiger partial charge in [0.05, 0.1) is 12.2 Å². The van der Waals surface area contributed by atoms with Crippen molar-refractivity contribution < 1.29 is 10.2 Å². The lowest BCUT2D eigenvalue weighted by molar-refractivity contribution is -0.0662. The molecule has 2 rings (SSSR count). The van der Waals surface area contributed by atoms with Crippen molar-refractivity contribution in [2.24, 2.45) is 17.3 Å². The molecule has 0 amide bonds. The third kappa shape index (κ3) is 2.17. The summed E-state index contributed by atoms with van der Waals surface area (Å²) in [5.41, 5.74) is 0.920. The van der Waals surface area contributed by atoms with E-state index in [1.807, 2.05) is 0 Å². The fourth-order valence-electron chi connectivity index (χ4n) is 3.67. The third-order valence-electron chi connectivity index (χ3n) is 5.42. The predicted molar refractivity (Wildman–Crippen MR) is 69.6 cm³/mol. The Kier molecular flexibility index (Phi) is 3.39. The topological polar surface area (TPSA) is 40.5 Å². The van der Waals surface area contributed by atoms with Crippen LogP contribution in [0.3, 0.4) is 0 Å². The van der Waals surface area contributed by atoms with E-state index in [1.54, 1.807) is 12.5 Å². The molecule has 0 spiro atoms. The molecular weight excluding hydrogens is 212 g/mol. The number of hydrogen-bond donors (Lipinski definition) is 2. The highest BCUT2D eigenvalue weighted by atomic mass is 16.3. The van der Waals surface area contributed by atoms with E-state index in [0.29, 0.717) is 5.92 Å². The van der Waals surface area contributed by atoms with Crippen molar-refractivity contribution in [3.63, 3.8) is 0 Å². The molecule has 2 N–H and O–H groups in total. The van der Waals surface area contributed by atoms with E-state index in [-0.39, 0.29) is 17.9 Å². The molecule has 0 aliphatic heterocycles. The zero-order chi connectivity index (χ0) is 12.7. The Morgan fingerprint density at radius 2 is 2.24 bits per heavy atom. The first-order chi connectivity index (χ1) is 7.90. The Bertz CT molecular complexity index is 319. The summed E-state index contributed by atoms with van der Waals surface area (Å²) >= 11 is 0. The minimum absolute atomic E-state index is 0.134. The van der Waals surface area contributed by atoms with Crippen LogP contribution in [0.2, 0.25) is 0 Å². The molecule has 2 aliphatic carbocycles. The molecule has 4 atom stereocenters. The highest BCUT2D eigenvalue weighted by Crippen LogP contribution is 2.53. The number of fused-ring (bicyclic) bond motifs is 1. The molecule has 0 aromatic rings. The lowest BCUT2D eigenvalue weighted by Crippen LogP contribution is -2.45. The van der Waals surface area contributed by atoms with Gasteiger partial charge in [0, 0.05) is 0 Å². The maximum atomic E-state index is 10.3. The number of aliphatic hydroxyl groups is 2. The second-order valence-electron chi connectivity index (χ2n) is 6.59. The van der Waals surface area contributed by atoms with E-state index in [9.17, 15) is 10.2 Å². The van der Waals surface area contributed by atoms with Crippen LogP contribution in [-0.4, -0.2) is 22.4 Å². The summed E-state index contributed by atoms with van der Waals surface area (Å²) in [6.45, 7) is 6.32. The maximum absolute atomic E-state index is 10.3. The van der Waals surface area contributed by atoms with E-state index in [2.05, 4.69) is 19.9 Å². The van der Waals surface area contributed by atoms with Gasteiger partial charge in [0.15, 0.2) is 0 Å². The van der Waals surface area contributed by atoms with Crippen molar-refractivity contribution in [1.82, 2.24) is 0 Å². The smallest absolute Gasteiger partial charge is 0.0880 e. The minimum Gasteiger partial charge on any atom is -0.393 e. The molecule has 1 saturated carbocycles. The quantitative estimate of drug-likeness (QED) is 0.726. The summed E-state index contributed by atoms with van der Waals surface area (Å²) in [6, 6.07) is 0. The molecule has 0 heterocycles. The average molecular weight is 238 g/mol. The molecule has 98 valence electrons. The van der Waals surface area contributed by atoms with Crippen molar-refractivity contribution in [2.75, 3.05) is 6.61 Å². The summed E-state index contributed by atoms with van der Waals surface area (Å²) in [6.07, 6.45) is 8.12. The van der Waals surface area contributed by atoms with E-state index in [4.69, 9.17) is 0 Å². The molecule has 2 nitrogen and oxygen atoms in total. The zero-order valence-corrected chi connectivity index (χ0v) is 11.4. The highest BCUT2D eigenvalue weighted by molar-refractivity contribution is 5.22. The monoisotopic (exact) mass is 238 g/mol. The van der Waals surface area contributed by atoms with Gasteiger partial charge in [-0.2, -0.15) is 0 Å². The second-order valence-corrected chi connectivity index (χ2v) is 6.59. The van der Waals surface area contributed by atoms with Crippen molar-refractivity contribution in [3.8, 4) is 0 Å². The molecular formula is C15H26O2. The fourth-order valence-corrected chi connectivity index (χ4v) is 3.67. The molecule has 17 heavy (non-hydrogen) atoms. The van der Waals surface area contributed by atoms with Crippen LogP contribution in [-0.2, 0) is 0 Å². The first-order valence-corrected chi connectivity index (χ1v) is 6.93. The summed E-state index contributed by atoms with van der Waals surface area (Å²) in [5, 5.41) is 19.6. The first-order valence-electron chi connectivity index (χ1n) is 6.93. The van der Waals surface area contributed by atoms with E-state index in [1.165, 1.54) is 19.3 Å². The summed E-state index contributed by atoms with van der Waals surface area (Å²) in [4.78, 5) is 0. The van der Waals surface area contributed by atoms with Gasteiger partial charge in [-0.3, -0.25) is 0 Å². The van der Waals surface area contributed by atoms with Crippen LogP contribution in [0.1, 0.15) is 52.9 Å². The van der Waals surface area contributed by atoms with Gasteiger partial charge in [-0.15, -0.1) is 0 Å². The zero-order valence-electron chi connectivity index (χ0n) is 11.4. The fraction of sp³-hybridized carbons (Fsp3) is 0.867. The Hall–Kier alpha value is -0.340. The Morgan fingerprint density at radius 3 is 2.88 bits per heavy atom. The Balaban J connectivity index is 2.24. The lowest BCUT2D eigenvalue weighted by Gasteiger charge is -2.49. The number of aliphatic hydroxyl groups excluding tert-OH is 1. The van der Waals surface area contributed by atoms with E-state index >= 15 is 0 Å². The number of rotatable bonds is 2. The molecule has 0 saturated heterocycles. The van der Waals surface area contributed by atoms with Gasteiger partial charge in [-0.25, -0.2) is 0 Å². The standard InChI is InChI=1S/C15H26O2/c1-11-5-4-6-12-7-8-13(9-14(11,12)2)15(3,17)10-16/h7,11,13,16-17H,4-6,8-10H2,1-3H3/t11-,13+,14-,15+/m1/s1. The summed E-state index contributed by atoms with van der Waals surface area (Å²) in [7, 11) is 0. The molecule has 0 aromatic heterocycles. The highest BCUT2D eigenvalue weighted by Gasteiger charge is 2.45. The molecule has 0 radical (unpaired) electrons. The van der Waals surface area contributed by atoms with Crippen LogP contribution >= 0.6 is 0 Å². The van der Waals surface area contributed by atoms with Crippen LogP contribution in [0.25, 0.3) is 0 Å². The molecule has 2 aliphatic rings. The van der Waals surface area contributed by atoms with Crippen LogP contribution in [0, 0.1) is 17.3 Å². The largest absolute Gasteiger partial charge is 0.393 e. The maximum Gasteiger partial charge on any atom is 0.0880 e. The van der Waals surface area contributed by atoms with Crippen molar-refractivity contribution in [2.45, 2.75) is 58.5 Å². The number of hydrogen-bond acceptors (Lipinski definition) is 2. The lowest BCUT2D eigenvalue weighted by atomic mass is 9.57. The van der Waals surface area contributed by atoms with Gasteiger partial charge < -0.3 is 10.2 Å². The van der Waals surface area contributed by atoms with Gasteiger partial charge in [0.2, 0.25) is 0 Å². The molecule has 0 bridgehead atoms. The van der Waals surface area contributed by atoms with Crippen LogP contribution in [0.5, 0.6) is 0 Å². The van der Waals surface area contributed by atoms with Crippen LogP contribution < -0.4 is 0 Å². The molecule has 0 aromatic carbocycles. The first kappa shape index (κ1) is 13.1. The minimum atomic E-state index is -0.928. The van der Waals surface area contributed by atoms with Gasteiger partial charge in [0.1, 0.15) is 0 Å². The van der Waals surface area contributed by atoms with Gasteiger partial charge in [-0.1, -0.05) is 25.5 Å². The molecule has 0 unspecified atom stereocenters. The molecule has 2 heteroatoms. The van der Waals surface area contributed by atoms with Gasteiger partial charge >= 0.3 is 0 Å². The van der Waals surface area contributed by atoms with Crippen LogP contribution in [0.4, 0.5) is 0 Å². The Labute approximate surface area is 105 Å². The number of allylic oxidation sites excluding steroid dienone is 2. The van der Waals surface area contributed by atoms with Crippen molar-refractivity contribution >= 4 is 0 Å². The van der Waals surface area contributed by atoms with Crippen molar-refractivity contribution in [1.29, 1.82) is 0 Å². The van der Waals surface area contributed by atoms with Crippen LogP contribution in [0.15, 0.2) is 11.6 Å². The average Bonchev–Trinajstić information content (AvgIpc) is 2.30. The summed E-state index contributed by atoms with van der Waals surface area (Å²) in [5.74, 6) is 0.890. The Morgan fingerprint density at radius 1 is 1.53 bits per heavy atom. The third-order valence-corrected chi connectivity index (χ3v) is 5.42. The predicted octanol–water partition coefficient (Wildman–Crippen LogP) is 2.89. The van der Waals surface area contributed by atoms with Gasteiger partial charge in [-0.05, 0) is 56.3 Å². The van der Waals surface area contributed by atoms with E-state index in [0.717, 1.165) is 12.8 Å². The van der Waals surface area contributed by atoms with Gasteiger partial charge in [0.25, 0.3) is 0 Å². The van der Waals surface area contributed by atoms with E-state index < -0.39 is 5.60 Å². The second kappa shape index (κ2) is 4.40. The molecule has 1 fully saturated rings. The van der Waals surface area contributed by atoms with Crippen molar-refractivity contribution in [3.05, 3.63) is 11.6 Å². The normalized spacial score (nSPS) is 41.4. The summed E-state index contributed by atoms with van der Waals surface area (Å²) < 4.78 is 0. The SMILES string of the molecule is C[C@@H]1CCCC2=CC[C@H]([C@@](C)(O)CO)C[C@@]21C.